The van der Waals surface area contributed by atoms with Crippen LogP contribution < -0.4 is 0 Å². The zero-order valence-electron chi connectivity index (χ0n) is 23.7. The van der Waals surface area contributed by atoms with Crippen LogP contribution in [0.25, 0.3) is 0 Å². The van der Waals surface area contributed by atoms with E-state index in [-0.39, 0.29) is 0 Å². The highest BCUT2D eigenvalue weighted by Gasteiger charge is 2.62. The minimum atomic E-state index is -3.39. The Morgan fingerprint density at radius 1 is 0.652 bits per heavy atom. The Bertz CT molecular complexity index is 1090. The van der Waals surface area contributed by atoms with Crippen LogP contribution in [0, 0.1) is 0 Å². The summed E-state index contributed by atoms with van der Waals surface area (Å²) in [6.45, 7) is -3.57. The summed E-state index contributed by atoms with van der Waals surface area (Å²) in [7, 11) is 0. The molecule has 3 heterocycles. The fourth-order valence-corrected chi connectivity index (χ4v) is 5.44. The van der Waals surface area contributed by atoms with Crippen LogP contribution in [0.4, 0.5) is 0 Å². The molecule has 14 N–H and O–H groups in total. The third-order valence-corrected chi connectivity index (χ3v) is 7.95. The van der Waals surface area contributed by atoms with Gasteiger partial charge in [-0.15, -0.1) is 0 Å². The van der Waals surface area contributed by atoms with Crippen molar-refractivity contribution in [1.29, 1.82) is 0 Å². The maximum Gasteiger partial charge on any atom is 0.364 e. The lowest BCUT2D eigenvalue weighted by molar-refractivity contribution is -0.383. The van der Waals surface area contributed by atoms with Gasteiger partial charge < -0.3 is 95.2 Å². The van der Waals surface area contributed by atoms with Crippen molar-refractivity contribution in [3.8, 4) is 0 Å². The lowest BCUT2D eigenvalue weighted by atomic mass is 9.89. The molecule has 3 rings (SSSR count). The van der Waals surface area contributed by atoms with Gasteiger partial charge in [-0.2, -0.15) is 0 Å². The number of hydrogen-bond donors (Lipinski definition) is 14. The first-order chi connectivity index (χ1) is 21.3. The van der Waals surface area contributed by atoms with Gasteiger partial charge in [0.15, 0.2) is 0 Å². The third-order valence-electron chi connectivity index (χ3n) is 7.95. The fraction of sp³-hybridized carbons (Fsp3) is 0.875. The molecule has 0 radical (unpaired) electrons. The molecular weight excluding hydrogens is 640 g/mol. The summed E-state index contributed by atoms with van der Waals surface area (Å²) in [4.78, 5) is 36.7. The van der Waals surface area contributed by atoms with Gasteiger partial charge >= 0.3 is 17.9 Å². The van der Waals surface area contributed by atoms with Crippen LogP contribution in [0.15, 0.2) is 0 Å². The van der Waals surface area contributed by atoms with E-state index in [1.165, 1.54) is 0 Å². The lowest BCUT2D eigenvalue weighted by Gasteiger charge is -2.50. The average Bonchev–Trinajstić information content (AvgIpc) is 3.00. The molecule has 15 atom stereocenters. The van der Waals surface area contributed by atoms with Gasteiger partial charge in [0, 0.05) is 19.3 Å². The Morgan fingerprint density at radius 3 is 1.52 bits per heavy atom. The van der Waals surface area contributed by atoms with E-state index in [9.17, 15) is 85.9 Å². The van der Waals surface area contributed by atoms with Gasteiger partial charge in [0.1, 0.15) is 54.9 Å². The third kappa shape index (κ3) is 7.26. The molecule has 0 spiro atoms. The van der Waals surface area contributed by atoms with E-state index in [2.05, 4.69) is 0 Å². The number of carboxylic acids is 3. The van der Waals surface area contributed by atoms with E-state index in [4.69, 9.17) is 23.7 Å². The quantitative estimate of drug-likeness (QED) is 0.0859. The van der Waals surface area contributed by atoms with Gasteiger partial charge in [0.25, 0.3) is 17.4 Å². The number of rotatable bonds is 13. The second-order valence-corrected chi connectivity index (χ2v) is 11.2. The Kier molecular flexibility index (Phi) is 12.0. The van der Waals surface area contributed by atoms with E-state index >= 15 is 0 Å². The van der Waals surface area contributed by atoms with Crippen molar-refractivity contribution in [3.05, 3.63) is 0 Å². The highest BCUT2D eigenvalue weighted by Crippen LogP contribution is 2.41. The predicted octanol–water partition coefficient (Wildman–Crippen LogP) is -8.04. The molecule has 22 heteroatoms. The molecule has 0 amide bonds. The van der Waals surface area contributed by atoms with Gasteiger partial charge in [0.2, 0.25) is 0 Å². The van der Waals surface area contributed by atoms with Crippen molar-refractivity contribution in [1.82, 2.24) is 0 Å². The summed E-state index contributed by atoms with van der Waals surface area (Å²) in [6, 6.07) is 0. The number of carboxylic acid groups (broad SMARTS) is 3. The minimum absolute atomic E-state index is 1.10. The van der Waals surface area contributed by atoms with Crippen molar-refractivity contribution in [2.24, 2.45) is 0 Å². The van der Waals surface area contributed by atoms with Crippen molar-refractivity contribution >= 4 is 17.9 Å². The van der Waals surface area contributed by atoms with Crippen LogP contribution in [0.5, 0.6) is 0 Å². The molecule has 46 heavy (non-hydrogen) atoms. The van der Waals surface area contributed by atoms with Crippen LogP contribution in [0.1, 0.15) is 19.3 Å². The van der Waals surface area contributed by atoms with E-state index < -0.39 is 148 Å². The Balaban J connectivity index is 2.02. The summed E-state index contributed by atoms with van der Waals surface area (Å²) in [5.41, 5.74) is 0. The minimum Gasteiger partial charge on any atom is -0.477 e. The SMILES string of the molecule is O=C(O)C1(O)C[C@@H](O[C@@]2(C(=O)O)C[C@@H](O)[C@@H](O)[C@@H]([C@H](O)CO)O2)[C@@H](O)[C@@H]([C@@H](CO)O[C@@]2(C(=O)O)C[C@@H](O)[C@@H](O)[C@@H]([C@H](O)CO)O2)O1. The van der Waals surface area contributed by atoms with Gasteiger partial charge in [-0.25, -0.2) is 14.4 Å². The molecular formula is C24H38O22. The first-order valence-electron chi connectivity index (χ1n) is 13.7. The zero-order valence-corrected chi connectivity index (χ0v) is 23.7. The standard InChI is InChI=1S/C24H38O22/c25-4-9(30)16-13(32)7(28)1-23(45-16,20(37)38)42-11-3-22(41,19(35)36)44-18(15(11)34)12(6-27)43-24(21(39)40)2-8(29)14(33)17(46-24)10(31)5-26/h7-18,25-34,41H,1-6H2,(H,35,36)(H,37,38)(H,39,40)/t7-,8-,9-,10-,11-,12-,13-,14-,15-,16-,17-,18-,22?,23+,24+/m1/s1. The second kappa shape index (κ2) is 14.5. The van der Waals surface area contributed by atoms with Crippen molar-refractivity contribution in [2.75, 3.05) is 19.8 Å². The Labute approximate surface area is 257 Å². The Hall–Kier alpha value is -2.23. The van der Waals surface area contributed by atoms with Crippen LogP contribution in [-0.2, 0) is 38.1 Å². The largest absolute Gasteiger partial charge is 0.477 e. The van der Waals surface area contributed by atoms with Crippen molar-refractivity contribution in [2.45, 2.75) is 110 Å². The van der Waals surface area contributed by atoms with Crippen molar-refractivity contribution in [3.63, 3.8) is 0 Å². The Morgan fingerprint density at radius 2 is 1.11 bits per heavy atom. The number of ether oxygens (including phenoxy) is 5. The molecule has 0 aromatic heterocycles. The molecule has 3 aliphatic heterocycles. The topological polar surface area (TPSA) is 381 Å². The van der Waals surface area contributed by atoms with Gasteiger partial charge in [-0.3, -0.25) is 0 Å². The van der Waals surface area contributed by atoms with Crippen LogP contribution in [-0.4, -0.2) is 200 Å². The molecule has 266 valence electrons. The van der Waals surface area contributed by atoms with Gasteiger partial charge in [-0.1, -0.05) is 0 Å². The highest BCUT2D eigenvalue weighted by atomic mass is 16.8. The average molecular weight is 679 g/mol. The maximum absolute atomic E-state index is 12.4. The molecule has 0 aromatic carbocycles. The molecule has 3 saturated heterocycles. The molecule has 0 aromatic rings. The number of carbonyl (C=O) groups is 3. The predicted molar refractivity (Wildman–Crippen MR) is 135 cm³/mol. The van der Waals surface area contributed by atoms with E-state index in [0.717, 1.165) is 0 Å². The molecule has 0 saturated carbocycles. The summed E-state index contributed by atoms with van der Waals surface area (Å²) >= 11 is 0. The molecule has 22 nitrogen and oxygen atoms in total. The fourth-order valence-electron chi connectivity index (χ4n) is 5.44. The van der Waals surface area contributed by atoms with Crippen LogP contribution in [0.2, 0.25) is 0 Å². The summed E-state index contributed by atoms with van der Waals surface area (Å²) in [6.07, 6.45) is -28.7. The monoisotopic (exact) mass is 678 g/mol. The van der Waals surface area contributed by atoms with E-state index in [1.54, 1.807) is 0 Å². The lowest BCUT2D eigenvalue weighted by Crippen LogP contribution is -2.69. The summed E-state index contributed by atoms with van der Waals surface area (Å²) in [5.74, 6) is -15.9. The van der Waals surface area contributed by atoms with Crippen LogP contribution in [0.3, 0.4) is 0 Å². The van der Waals surface area contributed by atoms with E-state index in [1.807, 2.05) is 0 Å². The van der Waals surface area contributed by atoms with E-state index in [0.29, 0.717) is 0 Å². The molecule has 0 bridgehead atoms. The molecule has 3 fully saturated rings. The molecule has 1 unspecified atom stereocenters. The number of aliphatic hydroxyl groups is 11. The second-order valence-electron chi connectivity index (χ2n) is 11.2. The van der Waals surface area contributed by atoms with Gasteiger partial charge in [0.05, 0.1) is 38.1 Å². The van der Waals surface area contributed by atoms with Crippen molar-refractivity contribution < 1.29 is 110 Å². The number of hydrogen-bond acceptors (Lipinski definition) is 19. The van der Waals surface area contributed by atoms with Gasteiger partial charge in [-0.05, 0) is 0 Å². The summed E-state index contributed by atoms with van der Waals surface area (Å²) < 4.78 is 26.3. The maximum atomic E-state index is 12.4. The zero-order chi connectivity index (χ0) is 34.9. The molecule has 3 aliphatic rings. The highest BCUT2D eigenvalue weighted by molar-refractivity contribution is 5.77. The first-order valence-corrected chi connectivity index (χ1v) is 13.7. The first kappa shape index (κ1) is 38.2. The number of aliphatic hydroxyl groups excluding tert-OH is 10. The normalized spacial score (nSPS) is 43.8. The molecule has 0 aliphatic carbocycles. The smallest absolute Gasteiger partial charge is 0.364 e. The van der Waals surface area contributed by atoms with Crippen LogP contribution >= 0.6 is 0 Å². The summed E-state index contributed by atoms with van der Waals surface area (Å²) in [5, 5.41) is 141. The number of aliphatic carboxylic acids is 3.